The number of hydrogen-bond donors (Lipinski definition) is 0. The van der Waals surface area contributed by atoms with Gasteiger partial charge in [0, 0.05) is 25.9 Å². The molecule has 6 heteroatoms. The van der Waals surface area contributed by atoms with Crippen LogP contribution in [0, 0.1) is 0 Å². The summed E-state index contributed by atoms with van der Waals surface area (Å²) in [5.74, 6) is -2.22. The smallest absolute Gasteiger partial charge is 0.274 e. The summed E-state index contributed by atoms with van der Waals surface area (Å²) in [5, 5.41) is 0. The molecule has 0 aromatic carbocycles. The van der Waals surface area contributed by atoms with Crippen molar-refractivity contribution in [2.45, 2.75) is 77.0 Å². The average Bonchev–Trinajstić information content (AvgIpc) is 2.74. The third-order valence-electron chi connectivity index (χ3n) is 4.82. The van der Waals surface area contributed by atoms with Crippen molar-refractivity contribution in [1.29, 1.82) is 0 Å². The quantitative estimate of drug-likeness (QED) is 0.637. The van der Waals surface area contributed by atoms with Gasteiger partial charge in [0.05, 0.1) is 0 Å². The molecule has 2 rings (SSSR count). The molecule has 2 aliphatic rings. The molecule has 24 heavy (non-hydrogen) atoms. The van der Waals surface area contributed by atoms with Crippen molar-refractivity contribution in [3.05, 3.63) is 0 Å². The highest BCUT2D eigenvalue weighted by atomic mass is 16.2. The summed E-state index contributed by atoms with van der Waals surface area (Å²) in [4.78, 5) is 51.8. The lowest BCUT2D eigenvalue weighted by Crippen LogP contribution is -2.50. The first kappa shape index (κ1) is 18.6. The molecule has 6 nitrogen and oxygen atoms in total. The van der Waals surface area contributed by atoms with Gasteiger partial charge in [0.15, 0.2) is 0 Å². The van der Waals surface area contributed by atoms with Gasteiger partial charge >= 0.3 is 11.8 Å². The van der Waals surface area contributed by atoms with Crippen LogP contribution in [0.3, 0.4) is 0 Å². The van der Waals surface area contributed by atoms with Gasteiger partial charge in [-0.05, 0) is 25.7 Å². The van der Waals surface area contributed by atoms with Crippen LogP contribution in [0.4, 0.5) is 0 Å². The number of rotatable bonds is 0. The van der Waals surface area contributed by atoms with Gasteiger partial charge in [-0.2, -0.15) is 0 Å². The van der Waals surface area contributed by atoms with E-state index in [-0.39, 0.29) is 24.9 Å². The first-order valence-corrected chi connectivity index (χ1v) is 9.30. The monoisotopic (exact) mass is 336 g/mol. The Bertz CT molecular complexity index is 445. The van der Waals surface area contributed by atoms with Gasteiger partial charge in [0.25, 0.3) is 0 Å². The molecule has 0 aliphatic carbocycles. The average molecular weight is 336 g/mol. The molecule has 0 saturated carbocycles. The highest BCUT2D eigenvalue weighted by molar-refractivity contribution is 6.39. The topological polar surface area (TPSA) is 74.8 Å². The Balaban J connectivity index is 2.07. The van der Waals surface area contributed by atoms with E-state index in [0.29, 0.717) is 12.8 Å². The molecule has 0 spiro atoms. The molecule has 0 aromatic heterocycles. The van der Waals surface area contributed by atoms with Crippen molar-refractivity contribution in [1.82, 2.24) is 9.80 Å². The first-order valence-electron chi connectivity index (χ1n) is 9.30. The fourth-order valence-electron chi connectivity index (χ4n) is 3.33. The predicted octanol–water partition coefficient (Wildman–Crippen LogP) is 2.41. The first-order chi connectivity index (χ1) is 11.6. The second-order valence-corrected chi connectivity index (χ2v) is 6.74. The largest absolute Gasteiger partial charge is 0.319 e. The zero-order valence-corrected chi connectivity index (χ0v) is 14.4. The molecule has 134 valence electrons. The molecule has 0 radical (unpaired) electrons. The number of carbonyl (C=O) groups is 4. The van der Waals surface area contributed by atoms with Crippen LogP contribution in [0.2, 0.25) is 0 Å². The predicted molar refractivity (Wildman–Crippen MR) is 88.8 cm³/mol. The van der Waals surface area contributed by atoms with Crippen molar-refractivity contribution in [2.75, 3.05) is 13.1 Å². The lowest BCUT2D eigenvalue weighted by molar-refractivity contribution is -0.160. The van der Waals surface area contributed by atoms with E-state index in [2.05, 4.69) is 0 Å². The molecule has 2 aliphatic heterocycles. The number of nitrogens with zero attached hydrogens (tertiary/aromatic N) is 2. The molecule has 2 heterocycles. The Hall–Kier alpha value is -1.72. The molecule has 2 saturated heterocycles. The molecular formula is C18H28N2O4. The molecular weight excluding hydrogens is 308 g/mol. The summed E-state index contributed by atoms with van der Waals surface area (Å²) in [5.41, 5.74) is 0. The van der Waals surface area contributed by atoms with E-state index in [9.17, 15) is 19.2 Å². The minimum Gasteiger partial charge on any atom is -0.274 e. The van der Waals surface area contributed by atoms with Gasteiger partial charge in [0.2, 0.25) is 11.8 Å². The fraction of sp³-hybridized carbons (Fsp3) is 0.778. The SMILES string of the molecule is O=C1CCCCCCCN1C(=O)C(=O)N1CCCCCCCC1=O. The summed E-state index contributed by atoms with van der Waals surface area (Å²) < 4.78 is 0. The summed E-state index contributed by atoms with van der Waals surface area (Å²) in [6.45, 7) is 0.566. The summed E-state index contributed by atoms with van der Waals surface area (Å²) in [6, 6.07) is 0. The van der Waals surface area contributed by atoms with Gasteiger partial charge < -0.3 is 0 Å². The normalized spacial score (nSPS) is 21.8. The van der Waals surface area contributed by atoms with E-state index in [1.807, 2.05) is 0 Å². The van der Waals surface area contributed by atoms with E-state index in [0.717, 1.165) is 74.0 Å². The van der Waals surface area contributed by atoms with Crippen LogP contribution < -0.4 is 0 Å². The van der Waals surface area contributed by atoms with E-state index in [4.69, 9.17) is 0 Å². The van der Waals surface area contributed by atoms with Gasteiger partial charge in [-0.3, -0.25) is 29.0 Å². The van der Waals surface area contributed by atoms with E-state index in [1.54, 1.807) is 0 Å². The van der Waals surface area contributed by atoms with Crippen molar-refractivity contribution in [3.63, 3.8) is 0 Å². The Morgan fingerprint density at radius 3 is 1.29 bits per heavy atom. The van der Waals surface area contributed by atoms with E-state index >= 15 is 0 Å². The second-order valence-electron chi connectivity index (χ2n) is 6.74. The maximum absolute atomic E-state index is 12.6. The van der Waals surface area contributed by atoms with Gasteiger partial charge in [-0.15, -0.1) is 0 Å². The number of amides is 4. The molecule has 0 aromatic rings. The minimum absolute atomic E-state index is 0.283. The zero-order chi connectivity index (χ0) is 17.4. The van der Waals surface area contributed by atoms with Crippen molar-refractivity contribution >= 4 is 23.6 Å². The molecule has 0 bridgehead atoms. The summed E-state index contributed by atoms with van der Waals surface area (Å²) in [7, 11) is 0. The van der Waals surface area contributed by atoms with Crippen LogP contribution in [0.15, 0.2) is 0 Å². The standard InChI is InChI=1S/C18H28N2O4/c21-15-11-7-3-1-5-9-13-19(15)17(23)18(24)20-14-10-6-2-4-8-12-16(20)22/h1-14H2. The fourth-order valence-corrected chi connectivity index (χ4v) is 3.33. The Morgan fingerprint density at radius 2 is 0.875 bits per heavy atom. The highest BCUT2D eigenvalue weighted by Gasteiger charge is 2.33. The van der Waals surface area contributed by atoms with Crippen LogP contribution in [0.5, 0.6) is 0 Å². The van der Waals surface area contributed by atoms with Crippen LogP contribution in [-0.2, 0) is 19.2 Å². The molecule has 0 unspecified atom stereocenters. The highest BCUT2D eigenvalue weighted by Crippen LogP contribution is 2.15. The minimum atomic E-state index is -0.825. The summed E-state index contributed by atoms with van der Waals surface area (Å²) in [6.07, 6.45) is 9.50. The van der Waals surface area contributed by atoms with Gasteiger partial charge in [-0.1, -0.05) is 38.5 Å². The van der Waals surface area contributed by atoms with Crippen LogP contribution >= 0.6 is 0 Å². The zero-order valence-electron chi connectivity index (χ0n) is 14.4. The van der Waals surface area contributed by atoms with Crippen LogP contribution in [0.25, 0.3) is 0 Å². The lowest BCUT2D eigenvalue weighted by atomic mass is 10.1. The van der Waals surface area contributed by atoms with Crippen LogP contribution in [-0.4, -0.2) is 46.5 Å². The van der Waals surface area contributed by atoms with Gasteiger partial charge in [0.1, 0.15) is 0 Å². The lowest BCUT2D eigenvalue weighted by Gasteiger charge is -2.24. The number of hydrogen-bond acceptors (Lipinski definition) is 4. The third-order valence-corrected chi connectivity index (χ3v) is 4.82. The Kier molecular flexibility index (Phi) is 7.40. The number of imide groups is 2. The third kappa shape index (κ3) is 5.14. The van der Waals surface area contributed by atoms with E-state index in [1.165, 1.54) is 0 Å². The summed E-state index contributed by atoms with van der Waals surface area (Å²) >= 11 is 0. The van der Waals surface area contributed by atoms with Crippen molar-refractivity contribution in [3.8, 4) is 0 Å². The molecule has 0 N–H and O–H groups in total. The van der Waals surface area contributed by atoms with Crippen LogP contribution in [0.1, 0.15) is 77.0 Å². The molecule has 2 fully saturated rings. The van der Waals surface area contributed by atoms with Crippen molar-refractivity contribution < 1.29 is 19.2 Å². The maximum Gasteiger partial charge on any atom is 0.319 e. The van der Waals surface area contributed by atoms with E-state index < -0.39 is 11.8 Å². The Morgan fingerprint density at radius 1 is 0.542 bits per heavy atom. The van der Waals surface area contributed by atoms with Crippen molar-refractivity contribution in [2.24, 2.45) is 0 Å². The maximum atomic E-state index is 12.6. The second kappa shape index (κ2) is 9.55. The molecule has 4 amide bonds. The number of carbonyl (C=O) groups excluding carboxylic acids is 4. The Labute approximate surface area is 143 Å². The molecule has 0 atom stereocenters. The van der Waals surface area contributed by atoms with Gasteiger partial charge in [-0.25, -0.2) is 0 Å².